The number of nitrogens with one attached hydrogen (secondary N) is 3. The lowest BCUT2D eigenvalue weighted by Crippen LogP contribution is -2.27. The van der Waals surface area contributed by atoms with Crippen molar-refractivity contribution in [2.75, 3.05) is 10.6 Å². The molecule has 0 bridgehead atoms. The Morgan fingerprint density at radius 3 is 2.40 bits per heavy atom. The molecule has 0 saturated heterocycles. The Morgan fingerprint density at radius 2 is 1.73 bits per heavy atom. The Hall–Kier alpha value is -2.78. The van der Waals surface area contributed by atoms with Gasteiger partial charge in [0.15, 0.2) is 0 Å². The van der Waals surface area contributed by atoms with Crippen LogP contribution in [0, 0.1) is 18.7 Å². The molecule has 2 aromatic rings. The van der Waals surface area contributed by atoms with Crippen molar-refractivity contribution in [2.24, 2.45) is 5.92 Å². The molecule has 0 heterocycles. The average molecular weight is 431 g/mol. The summed E-state index contributed by atoms with van der Waals surface area (Å²) in [5.41, 5.74) is 1.81. The van der Waals surface area contributed by atoms with Gasteiger partial charge >= 0.3 is 0 Å². The zero-order valence-electron chi connectivity index (χ0n) is 16.4. The first-order valence-corrected chi connectivity index (χ1v) is 11.3. The average Bonchev–Trinajstić information content (AvgIpc) is 3.58. The molecule has 0 radical (unpaired) electrons. The molecule has 4 rings (SSSR count). The lowest BCUT2D eigenvalue weighted by Gasteiger charge is -2.13. The first kappa shape index (κ1) is 20.5. The third-order valence-corrected chi connectivity index (χ3v) is 6.62. The van der Waals surface area contributed by atoms with E-state index in [0.717, 1.165) is 30.5 Å². The minimum atomic E-state index is -4.04. The van der Waals surface area contributed by atoms with E-state index in [1.165, 1.54) is 6.07 Å². The molecule has 2 amide bonds. The molecular formula is C21H22FN3O4S. The van der Waals surface area contributed by atoms with Crippen LogP contribution in [0.1, 0.15) is 41.6 Å². The van der Waals surface area contributed by atoms with E-state index in [1.807, 2.05) is 0 Å². The summed E-state index contributed by atoms with van der Waals surface area (Å²) in [7, 11) is -4.04. The highest BCUT2D eigenvalue weighted by atomic mass is 32.2. The fraction of sp³-hybridized carbons (Fsp3) is 0.333. The zero-order chi connectivity index (χ0) is 21.5. The standard InChI is InChI=1S/C21H22FN3O4S/c1-12-2-6-16(23-20(26)13-3-4-13)11-18(12)24-21(27)14-5-9-17(22)19(10-14)30(28,29)25-15-7-8-15/h2,5-6,9-11,13,15,25H,3-4,7-8H2,1H3,(H,23,26)(H,24,27). The molecule has 2 aliphatic rings. The van der Waals surface area contributed by atoms with Gasteiger partial charge in [-0.15, -0.1) is 0 Å². The van der Waals surface area contributed by atoms with E-state index in [1.54, 1.807) is 25.1 Å². The molecule has 2 saturated carbocycles. The van der Waals surface area contributed by atoms with Gasteiger partial charge in [-0.2, -0.15) is 0 Å². The van der Waals surface area contributed by atoms with Crippen molar-refractivity contribution >= 4 is 33.2 Å². The third-order valence-electron chi connectivity index (χ3n) is 5.08. The fourth-order valence-electron chi connectivity index (χ4n) is 2.95. The molecule has 9 heteroatoms. The second kappa shape index (κ2) is 7.81. The smallest absolute Gasteiger partial charge is 0.255 e. The van der Waals surface area contributed by atoms with Crippen LogP contribution in [0.15, 0.2) is 41.3 Å². The topological polar surface area (TPSA) is 104 Å². The Kier molecular flexibility index (Phi) is 5.33. The molecule has 30 heavy (non-hydrogen) atoms. The van der Waals surface area contributed by atoms with Crippen molar-refractivity contribution in [2.45, 2.75) is 43.5 Å². The van der Waals surface area contributed by atoms with Gasteiger partial charge < -0.3 is 10.6 Å². The van der Waals surface area contributed by atoms with E-state index in [4.69, 9.17) is 0 Å². The summed E-state index contributed by atoms with van der Waals surface area (Å²) < 4.78 is 41.3. The molecule has 7 nitrogen and oxygen atoms in total. The first-order valence-electron chi connectivity index (χ1n) is 9.78. The molecule has 0 spiro atoms. The normalized spacial score (nSPS) is 16.2. The van der Waals surface area contributed by atoms with Gasteiger partial charge in [-0.05, 0) is 68.5 Å². The zero-order valence-corrected chi connectivity index (χ0v) is 17.2. The number of halogens is 1. The van der Waals surface area contributed by atoms with Crippen molar-refractivity contribution in [1.82, 2.24) is 4.72 Å². The highest BCUT2D eigenvalue weighted by Crippen LogP contribution is 2.31. The van der Waals surface area contributed by atoms with Crippen LogP contribution in [0.3, 0.4) is 0 Å². The molecule has 0 unspecified atom stereocenters. The molecule has 2 aliphatic carbocycles. The lowest BCUT2D eigenvalue weighted by atomic mass is 10.1. The molecule has 2 fully saturated rings. The maximum atomic E-state index is 14.1. The number of amides is 2. The maximum Gasteiger partial charge on any atom is 0.255 e. The Morgan fingerprint density at radius 1 is 1.00 bits per heavy atom. The van der Waals surface area contributed by atoms with Gasteiger partial charge in [0.25, 0.3) is 5.91 Å². The van der Waals surface area contributed by atoms with Gasteiger partial charge in [0.2, 0.25) is 15.9 Å². The minimum absolute atomic E-state index is 0.0133. The second-order valence-electron chi connectivity index (χ2n) is 7.79. The number of benzene rings is 2. The van der Waals surface area contributed by atoms with E-state index in [2.05, 4.69) is 15.4 Å². The van der Waals surface area contributed by atoms with Crippen LogP contribution in [-0.2, 0) is 14.8 Å². The number of carbonyl (C=O) groups is 2. The quantitative estimate of drug-likeness (QED) is 0.626. The van der Waals surface area contributed by atoms with Gasteiger partial charge in [-0.25, -0.2) is 17.5 Å². The van der Waals surface area contributed by atoms with E-state index in [0.29, 0.717) is 24.2 Å². The monoisotopic (exact) mass is 431 g/mol. The summed E-state index contributed by atoms with van der Waals surface area (Å²) in [6, 6.07) is 8.20. The Labute approximate surface area is 174 Å². The molecule has 3 N–H and O–H groups in total. The summed E-state index contributed by atoms with van der Waals surface area (Å²) in [5.74, 6) is -1.49. The highest BCUT2D eigenvalue weighted by molar-refractivity contribution is 7.89. The number of aryl methyl sites for hydroxylation is 1. The van der Waals surface area contributed by atoms with Crippen molar-refractivity contribution in [3.05, 3.63) is 53.3 Å². The molecule has 0 atom stereocenters. The van der Waals surface area contributed by atoms with Gasteiger partial charge in [-0.3, -0.25) is 9.59 Å². The van der Waals surface area contributed by atoms with Gasteiger partial charge in [0.05, 0.1) is 0 Å². The van der Waals surface area contributed by atoms with Crippen molar-refractivity contribution in [3.8, 4) is 0 Å². The lowest BCUT2D eigenvalue weighted by molar-refractivity contribution is -0.117. The van der Waals surface area contributed by atoms with E-state index in [-0.39, 0.29) is 23.4 Å². The van der Waals surface area contributed by atoms with E-state index < -0.39 is 26.6 Å². The Bertz CT molecular complexity index is 1130. The Balaban J connectivity index is 1.53. The summed E-state index contributed by atoms with van der Waals surface area (Å²) in [4.78, 5) is 24.1. The number of sulfonamides is 1. The third kappa shape index (κ3) is 4.68. The van der Waals surface area contributed by atoms with Crippen molar-refractivity contribution in [3.63, 3.8) is 0 Å². The van der Waals surface area contributed by atoms with Crippen LogP contribution in [0.2, 0.25) is 0 Å². The predicted molar refractivity (Wildman–Crippen MR) is 110 cm³/mol. The van der Waals surface area contributed by atoms with Crippen LogP contribution < -0.4 is 15.4 Å². The number of anilines is 2. The number of hydrogen-bond acceptors (Lipinski definition) is 4. The molecular weight excluding hydrogens is 409 g/mol. The molecule has 0 aliphatic heterocycles. The van der Waals surface area contributed by atoms with Crippen LogP contribution in [0.25, 0.3) is 0 Å². The molecule has 158 valence electrons. The van der Waals surface area contributed by atoms with E-state index >= 15 is 0 Å². The highest BCUT2D eigenvalue weighted by Gasteiger charge is 2.31. The van der Waals surface area contributed by atoms with Crippen molar-refractivity contribution < 1.29 is 22.4 Å². The number of rotatable bonds is 7. The van der Waals surface area contributed by atoms with Crippen LogP contribution in [0.4, 0.5) is 15.8 Å². The summed E-state index contributed by atoms with van der Waals surface area (Å²) in [6.45, 7) is 1.79. The first-order chi connectivity index (χ1) is 14.2. The molecule has 2 aromatic carbocycles. The van der Waals surface area contributed by atoms with Crippen LogP contribution >= 0.6 is 0 Å². The van der Waals surface area contributed by atoms with Crippen LogP contribution in [-0.4, -0.2) is 26.3 Å². The molecule has 0 aromatic heterocycles. The summed E-state index contributed by atoms with van der Waals surface area (Å²) in [6.07, 6.45) is 3.20. The van der Waals surface area contributed by atoms with Gasteiger partial charge in [0.1, 0.15) is 10.7 Å². The number of hydrogen-bond donors (Lipinski definition) is 3. The fourth-order valence-corrected chi connectivity index (χ4v) is 4.36. The SMILES string of the molecule is Cc1ccc(NC(=O)C2CC2)cc1NC(=O)c1ccc(F)c(S(=O)(=O)NC2CC2)c1. The predicted octanol–water partition coefficient (Wildman–Crippen LogP) is 3.18. The largest absolute Gasteiger partial charge is 0.326 e. The minimum Gasteiger partial charge on any atom is -0.326 e. The number of carbonyl (C=O) groups excluding carboxylic acids is 2. The summed E-state index contributed by atoms with van der Waals surface area (Å²) >= 11 is 0. The van der Waals surface area contributed by atoms with Gasteiger partial charge in [0, 0.05) is 28.9 Å². The maximum absolute atomic E-state index is 14.1. The summed E-state index contributed by atoms with van der Waals surface area (Å²) in [5, 5.41) is 5.53. The van der Waals surface area contributed by atoms with E-state index in [9.17, 15) is 22.4 Å². The van der Waals surface area contributed by atoms with Gasteiger partial charge in [-0.1, -0.05) is 6.07 Å². The second-order valence-corrected chi connectivity index (χ2v) is 9.47. The van der Waals surface area contributed by atoms with Crippen LogP contribution in [0.5, 0.6) is 0 Å². The van der Waals surface area contributed by atoms with Crippen molar-refractivity contribution in [1.29, 1.82) is 0 Å².